The zero-order valence-electron chi connectivity index (χ0n) is 7.38. The molecular weight excluding hydrogens is 224 g/mol. The van der Waals surface area contributed by atoms with Crippen LogP contribution in [-0.4, -0.2) is 27.4 Å². The first-order valence-electron chi connectivity index (χ1n) is 3.66. The summed E-state index contributed by atoms with van der Waals surface area (Å²) in [7, 11) is 0. The monoisotopic (exact) mass is 230 g/mol. The van der Waals surface area contributed by atoms with Crippen LogP contribution in [0, 0.1) is 0 Å². The first kappa shape index (κ1) is 13.1. The summed E-state index contributed by atoms with van der Waals surface area (Å²) in [5.41, 5.74) is 0.541. The number of halogens is 1. The van der Waals surface area contributed by atoms with Gasteiger partial charge in [0.15, 0.2) is 0 Å². The normalized spacial score (nSPS) is 8.33. The van der Waals surface area contributed by atoms with E-state index in [2.05, 4.69) is 0 Å². The van der Waals surface area contributed by atoms with Crippen molar-refractivity contribution in [2.24, 2.45) is 0 Å². The first-order valence-corrected chi connectivity index (χ1v) is 4.04. The largest absolute Gasteiger partial charge is 0.473 e. The molecule has 80 valence electrons. The lowest BCUT2D eigenvalue weighted by molar-refractivity contribution is -0.159. The van der Waals surface area contributed by atoms with Gasteiger partial charge in [-0.1, -0.05) is 30.3 Å². The first-order chi connectivity index (χ1) is 6.95. The van der Waals surface area contributed by atoms with Crippen LogP contribution in [0.15, 0.2) is 30.3 Å². The van der Waals surface area contributed by atoms with Gasteiger partial charge in [0.25, 0.3) is 5.24 Å². The zero-order valence-corrected chi connectivity index (χ0v) is 8.14. The molecule has 0 aromatic heterocycles. The molecule has 0 saturated carbocycles. The maximum atomic E-state index is 10.4. The van der Waals surface area contributed by atoms with Gasteiger partial charge in [0, 0.05) is 5.56 Å². The molecular formula is C9H7ClO5. The number of hydrogen-bond acceptors (Lipinski definition) is 3. The van der Waals surface area contributed by atoms with Crippen LogP contribution in [0.3, 0.4) is 0 Å². The second-order valence-electron chi connectivity index (χ2n) is 2.25. The number of carbonyl (C=O) groups is 3. The van der Waals surface area contributed by atoms with Gasteiger partial charge in [-0.05, 0) is 11.6 Å². The summed E-state index contributed by atoms with van der Waals surface area (Å²) >= 11 is 5.16. The zero-order chi connectivity index (χ0) is 11.8. The summed E-state index contributed by atoms with van der Waals surface area (Å²) in [6.45, 7) is 0. The van der Waals surface area contributed by atoms with Crippen molar-refractivity contribution in [3.63, 3.8) is 0 Å². The number of carbonyl (C=O) groups excluding carboxylic acids is 1. The molecule has 1 aromatic rings. The minimum Gasteiger partial charge on any atom is -0.473 e. The van der Waals surface area contributed by atoms with Crippen LogP contribution in [0.5, 0.6) is 0 Å². The third-order valence-electron chi connectivity index (χ3n) is 1.18. The molecule has 0 aliphatic heterocycles. The van der Waals surface area contributed by atoms with Crippen molar-refractivity contribution >= 4 is 28.8 Å². The van der Waals surface area contributed by atoms with Crippen LogP contribution in [0.25, 0.3) is 0 Å². The van der Waals surface area contributed by atoms with E-state index in [-0.39, 0.29) is 0 Å². The summed E-state index contributed by atoms with van der Waals surface area (Å²) in [5.74, 6) is -3.65. The maximum absolute atomic E-state index is 10.4. The second kappa shape index (κ2) is 6.56. The van der Waals surface area contributed by atoms with Crippen molar-refractivity contribution < 1.29 is 24.6 Å². The Balaban J connectivity index is 0.000000288. The highest BCUT2D eigenvalue weighted by atomic mass is 35.5. The molecule has 15 heavy (non-hydrogen) atoms. The molecule has 0 saturated heterocycles. The predicted octanol–water partition coefficient (Wildman–Crippen LogP) is 1.22. The third kappa shape index (κ3) is 6.23. The molecule has 0 unspecified atom stereocenters. The van der Waals surface area contributed by atoms with Crippen molar-refractivity contribution in [3.8, 4) is 0 Å². The lowest BCUT2D eigenvalue weighted by Crippen LogP contribution is -2.09. The highest BCUT2D eigenvalue weighted by Gasteiger charge is 2.04. The second-order valence-corrected chi connectivity index (χ2v) is 2.59. The number of rotatable bonds is 1. The van der Waals surface area contributed by atoms with Crippen LogP contribution in [0.2, 0.25) is 0 Å². The molecule has 0 aliphatic carbocycles. The Kier molecular flexibility index (Phi) is 5.73. The quantitative estimate of drug-likeness (QED) is 0.559. The summed E-state index contributed by atoms with van der Waals surface area (Å²) < 4.78 is 0. The molecule has 2 N–H and O–H groups in total. The maximum Gasteiger partial charge on any atom is 0.414 e. The molecule has 0 spiro atoms. The molecule has 1 rings (SSSR count). The minimum absolute atomic E-state index is 0.407. The Labute approximate surface area is 89.9 Å². The number of benzene rings is 1. The SMILES string of the molecule is O=C(Cl)c1ccccc1.O=C(O)C(=O)O. The van der Waals surface area contributed by atoms with Gasteiger partial charge >= 0.3 is 11.9 Å². The topological polar surface area (TPSA) is 91.7 Å². The van der Waals surface area contributed by atoms with E-state index < -0.39 is 17.2 Å². The van der Waals surface area contributed by atoms with Crippen molar-refractivity contribution in [2.75, 3.05) is 0 Å². The van der Waals surface area contributed by atoms with Crippen molar-refractivity contribution in [3.05, 3.63) is 35.9 Å². The highest BCUT2D eigenvalue weighted by molar-refractivity contribution is 6.67. The average Bonchev–Trinajstić information content (AvgIpc) is 2.20. The fraction of sp³-hybridized carbons (Fsp3) is 0. The lowest BCUT2D eigenvalue weighted by atomic mass is 10.2. The Bertz CT molecular complexity index is 348. The Morgan fingerprint density at radius 1 is 0.933 bits per heavy atom. The number of carboxylic acids is 2. The molecule has 0 aliphatic rings. The van der Waals surface area contributed by atoms with E-state index in [0.29, 0.717) is 5.56 Å². The molecule has 0 radical (unpaired) electrons. The van der Waals surface area contributed by atoms with Crippen LogP contribution in [0.4, 0.5) is 0 Å². The third-order valence-corrected chi connectivity index (χ3v) is 1.40. The minimum atomic E-state index is -1.82. The molecule has 5 nitrogen and oxygen atoms in total. The number of aliphatic carboxylic acids is 2. The van der Waals surface area contributed by atoms with Gasteiger partial charge in [-0.15, -0.1) is 0 Å². The molecule has 0 heterocycles. The lowest BCUT2D eigenvalue weighted by Gasteiger charge is -1.87. The van der Waals surface area contributed by atoms with E-state index in [4.69, 9.17) is 31.4 Å². The van der Waals surface area contributed by atoms with E-state index in [0.717, 1.165) is 0 Å². The summed E-state index contributed by atoms with van der Waals surface area (Å²) in [6, 6.07) is 8.74. The van der Waals surface area contributed by atoms with Gasteiger partial charge in [0.05, 0.1) is 0 Å². The summed E-state index contributed by atoms with van der Waals surface area (Å²) in [6.07, 6.45) is 0. The fourth-order valence-electron chi connectivity index (χ4n) is 0.569. The Morgan fingerprint density at radius 2 is 1.33 bits per heavy atom. The van der Waals surface area contributed by atoms with E-state index >= 15 is 0 Å². The van der Waals surface area contributed by atoms with Gasteiger partial charge in [-0.25, -0.2) is 9.59 Å². The van der Waals surface area contributed by atoms with Crippen molar-refractivity contribution in [1.82, 2.24) is 0 Å². The Hall–Kier alpha value is -1.88. The molecule has 0 amide bonds. The highest BCUT2D eigenvalue weighted by Crippen LogP contribution is 2.01. The van der Waals surface area contributed by atoms with Crippen molar-refractivity contribution in [1.29, 1.82) is 0 Å². The van der Waals surface area contributed by atoms with E-state index in [1.54, 1.807) is 24.3 Å². The molecule has 1 aromatic carbocycles. The predicted molar refractivity (Wildman–Crippen MR) is 51.9 cm³/mol. The standard InChI is InChI=1S/C7H5ClO.C2H2O4/c8-7(9)6-4-2-1-3-5-6;3-1(4)2(5)6/h1-5H;(H,3,4)(H,5,6). The van der Waals surface area contributed by atoms with Gasteiger partial charge in [0.1, 0.15) is 0 Å². The Morgan fingerprint density at radius 3 is 1.53 bits per heavy atom. The molecule has 0 bridgehead atoms. The van der Waals surface area contributed by atoms with E-state index in [1.807, 2.05) is 6.07 Å². The van der Waals surface area contributed by atoms with Crippen LogP contribution < -0.4 is 0 Å². The van der Waals surface area contributed by atoms with Gasteiger partial charge in [-0.2, -0.15) is 0 Å². The average molecular weight is 231 g/mol. The van der Waals surface area contributed by atoms with Gasteiger partial charge < -0.3 is 10.2 Å². The van der Waals surface area contributed by atoms with Crippen LogP contribution in [-0.2, 0) is 9.59 Å². The number of carboxylic acid groups (broad SMARTS) is 2. The van der Waals surface area contributed by atoms with E-state index in [1.165, 1.54) is 0 Å². The van der Waals surface area contributed by atoms with Gasteiger partial charge in [0.2, 0.25) is 0 Å². The van der Waals surface area contributed by atoms with Crippen LogP contribution >= 0.6 is 11.6 Å². The fourth-order valence-corrected chi connectivity index (χ4v) is 0.695. The van der Waals surface area contributed by atoms with Gasteiger partial charge in [-0.3, -0.25) is 4.79 Å². The molecule has 0 fully saturated rings. The van der Waals surface area contributed by atoms with E-state index in [9.17, 15) is 4.79 Å². The smallest absolute Gasteiger partial charge is 0.414 e. The van der Waals surface area contributed by atoms with Crippen molar-refractivity contribution in [2.45, 2.75) is 0 Å². The molecule has 6 heteroatoms. The number of hydrogen-bond donors (Lipinski definition) is 2. The van der Waals surface area contributed by atoms with Crippen LogP contribution in [0.1, 0.15) is 10.4 Å². The summed E-state index contributed by atoms with van der Waals surface area (Å²) in [5, 5.41) is 14.4. The molecule has 0 atom stereocenters. The summed E-state index contributed by atoms with van der Waals surface area (Å²) in [4.78, 5) is 28.6.